The number of carbonyl (C=O) groups is 1. The van der Waals surface area contributed by atoms with E-state index in [9.17, 15) is 4.79 Å². The Hall–Kier alpha value is -1.39. The summed E-state index contributed by atoms with van der Waals surface area (Å²) in [6.45, 7) is 6.00. The molecule has 1 aromatic rings. The summed E-state index contributed by atoms with van der Waals surface area (Å²) in [5, 5.41) is 0. The number of likely N-dealkylation sites (tertiary alicyclic amines) is 1. The second-order valence-corrected chi connectivity index (χ2v) is 5.55. The van der Waals surface area contributed by atoms with Crippen LogP contribution in [0, 0.1) is 5.92 Å². The van der Waals surface area contributed by atoms with Crippen LogP contribution in [-0.4, -0.2) is 43.3 Å². The Labute approximate surface area is 127 Å². The minimum Gasteiger partial charge on any atom is -0.466 e. The highest BCUT2D eigenvalue weighted by Crippen LogP contribution is 2.29. The van der Waals surface area contributed by atoms with E-state index in [1.807, 2.05) is 32.0 Å². The smallest absolute Gasteiger partial charge is 0.310 e. The minimum absolute atomic E-state index is 0.0780. The number of benzene rings is 1. The Morgan fingerprint density at radius 3 is 2.71 bits per heavy atom. The van der Waals surface area contributed by atoms with E-state index in [1.54, 1.807) is 7.11 Å². The van der Waals surface area contributed by atoms with E-state index in [2.05, 4.69) is 17.0 Å². The van der Waals surface area contributed by atoms with Crippen molar-refractivity contribution < 1.29 is 14.3 Å². The van der Waals surface area contributed by atoms with Crippen LogP contribution in [0.3, 0.4) is 0 Å². The molecule has 1 aromatic carbocycles. The summed E-state index contributed by atoms with van der Waals surface area (Å²) in [4.78, 5) is 14.4. The maximum atomic E-state index is 12.1. The lowest BCUT2D eigenvalue weighted by Crippen LogP contribution is -2.44. The molecule has 0 amide bonds. The molecule has 0 saturated carbocycles. The van der Waals surface area contributed by atoms with Crippen molar-refractivity contribution in [2.75, 3.05) is 20.3 Å². The first-order chi connectivity index (χ1) is 10.2. The van der Waals surface area contributed by atoms with E-state index in [0.717, 1.165) is 19.5 Å². The molecule has 4 nitrogen and oxygen atoms in total. The largest absolute Gasteiger partial charge is 0.466 e. The molecular weight excluding hydrogens is 266 g/mol. The van der Waals surface area contributed by atoms with Crippen molar-refractivity contribution in [1.29, 1.82) is 0 Å². The van der Waals surface area contributed by atoms with E-state index in [0.29, 0.717) is 6.61 Å². The van der Waals surface area contributed by atoms with E-state index in [-0.39, 0.29) is 24.0 Å². The van der Waals surface area contributed by atoms with E-state index in [1.165, 1.54) is 5.56 Å². The van der Waals surface area contributed by atoms with Crippen molar-refractivity contribution in [1.82, 2.24) is 4.90 Å². The molecule has 0 unspecified atom stereocenters. The van der Waals surface area contributed by atoms with Gasteiger partial charge in [0.1, 0.15) is 0 Å². The maximum Gasteiger partial charge on any atom is 0.310 e. The number of nitrogens with zero attached hydrogens (tertiary/aromatic N) is 1. The molecule has 3 atom stereocenters. The average Bonchev–Trinajstić information content (AvgIpc) is 2.90. The van der Waals surface area contributed by atoms with Crippen molar-refractivity contribution >= 4 is 5.97 Å². The number of carbonyl (C=O) groups excluding carboxylic acids is 1. The topological polar surface area (TPSA) is 38.8 Å². The Morgan fingerprint density at radius 1 is 1.38 bits per heavy atom. The summed E-state index contributed by atoms with van der Waals surface area (Å²) in [5.41, 5.74) is 1.26. The van der Waals surface area contributed by atoms with Crippen molar-refractivity contribution in [3.8, 4) is 0 Å². The van der Waals surface area contributed by atoms with Crippen LogP contribution in [0.5, 0.6) is 0 Å². The standard InChI is InChI=1S/C17H25NO3/c1-4-21-17(19)13(2)16-15(20-3)10-11-18(16)12-14-8-6-5-7-9-14/h5-9,13,15-16H,4,10-12H2,1-3H3/t13-,15-,16+/m0/s1. The summed E-state index contributed by atoms with van der Waals surface area (Å²) in [5.74, 6) is -0.314. The van der Waals surface area contributed by atoms with Gasteiger partial charge in [0.2, 0.25) is 0 Å². The van der Waals surface area contributed by atoms with Gasteiger partial charge < -0.3 is 9.47 Å². The first-order valence-corrected chi connectivity index (χ1v) is 7.64. The third-order valence-corrected chi connectivity index (χ3v) is 4.21. The highest BCUT2D eigenvalue weighted by molar-refractivity contribution is 5.73. The molecule has 0 radical (unpaired) electrons. The van der Waals surface area contributed by atoms with E-state index < -0.39 is 0 Å². The van der Waals surface area contributed by atoms with Gasteiger partial charge in [-0.3, -0.25) is 9.69 Å². The van der Waals surface area contributed by atoms with Crippen LogP contribution >= 0.6 is 0 Å². The van der Waals surface area contributed by atoms with Crippen LogP contribution in [-0.2, 0) is 20.8 Å². The fraction of sp³-hybridized carbons (Fsp3) is 0.588. The average molecular weight is 291 g/mol. The van der Waals surface area contributed by atoms with Crippen LogP contribution in [0.2, 0.25) is 0 Å². The maximum absolute atomic E-state index is 12.1. The summed E-state index contributed by atoms with van der Waals surface area (Å²) in [6, 6.07) is 10.4. The molecule has 0 aliphatic carbocycles. The predicted octanol–water partition coefficient (Wildman–Crippen LogP) is 2.48. The van der Waals surface area contributed by atoms with Crippen LogP contribution in [0.4, 0.5) is 0 Å². The number of methoxy groups -OCH3 is 1. The molecule has 1 saturated heterocycles. The number of esters is 1. The SMILES string of the molecule is CCOC(=O)[C@@H](C)[C@@H]1[C@@H](OC)CCN1Cc1ccccc1. The molecule has 1 aliphatic rings. The van der Waals surface area contributed by atoms with Crippen molar-refractivity contribution in [3.63, 3.8) is 0 Å². The van der Waals surface area contributed by atoms with Crippen molar-refractivity contribution in [2.45, 2.75) is 39.0 Å². The van der Waals surface area contributed by atoms with Gasteiger partial charge >= 0.3 is 5.97 Å². The lowest BCUT2D eigenvalue weighted by molar-refractivity contribution is -0.151. The third kappa shape index (κ3) is 3.83. The van der Waals surface area contributed by atoms with Crippen molar-refractivity contribution in [3.05, 3.63) is 35.9 Å². The molecule has 4 heteroatoms. The summed E-state index contributed by atoms with van der Waals surface area (Å²) < 4.78 is 10.8. The van der Waals surface area contributed by atoms with Gasteiger partial charge in [-0.25, -0.2) is 0 Å². The predicted molar refractivity (Wildman–Crippen MR) is 81.9 cm³/mol. The normalized spacial score (nSPS) is 24.0. The van der Waals surface area contributed by atoms with Crippen LogP contribution in [0.15, 0.2) is 30.3 Å². The van der Waals surface area contributed by atoms with Crippen molar-refractivity contribution in [2.24, 2.45) is 5.92 Å². The molecule has 1 heterocycles. The summed E-state index contributed by atoms with van der Waals surface area (Å²) in [6.07, 6.45) is 1.05. The molecule has 0 bridgehead atoms. The fourth-order valence-electron chi connectivity index (χ4n) is 3.16. The Balaban J connectivity index is 2.10. The molecule has 2 rings (SSSR count). The number of ether oxygens (including phenoxy) is 2. The second kappa shape index (κ2) is 7.57. The van der Waals surface area contributed by atoms with Gasteiger partial charge in [0.25, 0.3) is 0 Å². The molecule has 0 N–H and O–H groups in total. The third-order valence-electron chi connectivity index (χ3n) is 4.21. The van der Waals surface area contributed by atoms with Gasteiger partial charge in [-0.05, 0) is 18.9 Å². The molecule has 0 spiro atoms. The highest BCUT2D eigenvalue weighted by Gasteiger charge is 2.41. The number of hydrogen-bond donors (Lipinski definition) is 0. The first kappa shape index (κ1) is 16.0. The lowest BCUT2D eigenvalue weighted by atomic mass is 9.97. The van der Waals surface area contributed by atoms with E-state index >= 15 is 0 Å². The number of hydrogen-bond acceptors (Lipinski definition) is 4. The Bertz CT molecular complexity index is 449. The number of rotatable bonds is 6. The molecule has 116 valence electrons. The molecule has 1 aliphatic heterocycles. The van der Waals surface area contributed by atoms with E-state index in [4.69, 9.17) is 9.47 Å². The zero-order valence-corrected chi connectivity index (χ0v) is 13.1. The molecule has 21 heavy (non-hydrogen) atoms. The van der Waals surface area contributed by atoms with Gasteiger partial charge in [0.15, 0.2) is 0 Å². The van der Waals surface area contributed by atoms with Gasteiger partial charge in [0, 0.05) is 26.2 Å². The molecule has 1 fully saturated rings. The summed E-state index contributed by atoms with van der Waals surface area (Å²) in [7, 11) is 1.72. The molecule has 0 aromatic heterocycles. The zero-order chi connectivity index (χ0) is 15.2. The molecular formula is C17H25NO3. The minimum atomic E-state index is -0.180. The van der Waals surface area contributed by atoms with Crippen LogP contribution in [0.1, 0.15) is 25.8 Å². The Morgan fingerprint density at radius 2 is 2.10 bits per heavy atom. The quantitative estimate of drug-likeness (QED) is 0.755. The second-order valence-electron chi connectivity index (χ2n) is 5.55. The summed E-state index contributed by atoms with van der Waals surface area (Å²) >= 11 is 0. The highest BCUT2D eigenvalue weighted by atomic mass is 16.5. The van der Waals surface area contributed by atoms with Gasteiger partial charge in [-0.1, -0.05) is 37.3 Å². The monoisotopic (exact) mass is 291 g/mol. The van der Waals surface area contributed by atoms with Gasteiger partial charge in [0.05, 0.1) is 18.6 Å². The van der Waals surface area contributed by atoms with Gasteiger partial charge in [-0.15, -0.1) is 0 Å². The Kier molecular flexibility index (Phi) is 5.76. The lowest BCUT2D eigenvalue weighted by Gasteiger charge is -2.31. The first-order valence-electron chi connectivity index (χ1n) is 7.64. The zero-order valence-electron chi connectivity index (χ0n) is 13.1. The van der Waals surface area contributed by atoms with Crippen LogP contribution in [0.25, 0.3) is 0 Å². The van der Waals surface area contributed by atoms with Crippen LogP contribution < -0.4 is 0 Å². The van der Waals surface area contributed by atoms with Gasteiger partial charge in [-0.2, -0.15) is 0 Å². The fourth-order valence-corrected chi connectivity index (χ4v) is 3.16.